The van der Waals surface area contributed by atoms with E-state index < -0.39 is 21.8 Å². The Hall–Kier alpha value is -2.28. The second-order valence-corrected chi connectivity index (χ2v) is 12.4. The van der Waals surface area contributed by atoms with E-state index in [-0.39, 0.29) is 50.1 Å². The molecule has 0 aliphatic carbocycles. The molecule has 2 aliphatic rings. The zero-order valence-corrected chi connectivity index (χ0v) is 23.1. The van der Waals surface area contributed by atoms with Crippen LogP contribution in [0.3, 0.4) is 0 Å². The minimum Gasteiger partial charge on any atom is -0.367 e. The predicted molar refractivity (Wildman–Crippen MR) is 140 cm³/mol. The fourth-order valence-electron chi connectivity index (χ4n) is 4.99. The lowest BCUT2D eigenvalue weighted by Crippen LogP contribution is -2.53. The lowest BCUT2D eigenvalue weighted by atomic mass is 9.84. The maximum atomic E-state index is 13.4. The monoisotopic (exact) mass is 593 g/mol. The van der Waals surface area contributed by atoms with Crippen molar-refractivity contribution in [2.75, 3.05) is 50.8 Å². The fraction of sp³-hybridized carbons (Fsp3) is 0.500. The molecule has 1 aromatic heterocycles. The number of carbonyl (C=O) groups is 1. The van der Waals surface area contributed by atoms with Crippen LogP contribution in [0, 0.1) is 5.92 Å². The van der Waals surface area contributed by atoms with Gasteiger partial charge < -0.3 is 15.1 Å². The molecule has 1 N–H and O–H groups in total. The summed E-state index contributed by atoms with van der Waals surface area (Å²) in [6.45, 7) is 3.70. The van der Waals surface area contributed by atoms with Crippen molar-refractivity contribution in [3.63, 3.8) is 0 Å². The van der Waals surface area contributed by atoms with Gasteiger partial charge in [0.15, 0.2) is 0 Å². The Kier molecular flexibility index (Phi) is 8.37. The molecule has 3 heterocycles. The fourth-order valence-corrected chi connectivity index (χ4v) is 6.12. The Labute approximate surface area is 229 Å². The Morgan fingerprint density at radius 3 is 2.29 bits per heavy atom. The highest BCUT2D eigenvalue weighted by Gasteiger charge is 2.41. The first-order chi connectivity index (χ1) is 17.7. The average molecular weight is 594 g/mol. The molecule has 0 bridgehead atoms. The van der Waals surface area contributed by atoms with Crippen molar-refractivity contribution in [1.82, 2.24) is 19.1 Å². The standard InChI is InChI=1S/C24H28Cl2F3N5O3S/c1-15(31-22-6-4-17(12-30-22)24(27,28)29)18-13-33(14-19(18)16-3-5-20(25)21(26)11-16)23(35)32-7-9-34(10-8-32)38(2,36)37/h3-6,11-12,15,18-19H,7-10,13-14H2,1-2H3,(H,30,31). The number of urea groups is 1. The van der Waals surface area contributed by atoms with E-state index in [1.165, 1.54) is 10.4 Å². The number of anilines is 1. The smallest absolute Gasteiger partial charge is 0.367 e. The van der Waals surface area contributed by atoms with Gasteiger partial charge in [0.2, 0.25) is 10.0 Å². The molecule has 8 nitrogen and oxygen atoms in total. The number of carbonyl (C=O) groups excluding carboxylic acids is 1. The zero-order chi connectivity index (χ0) is 27.8. The van der Waals surface area contributed by atoms with E-state index in [4.69, 9.17) is 23.2 Å². The van der Waals surface area contributed by atoms with Gasteiger partial charge in [0.1, 0.15) is 5.82 Å². The van der Waals surface area contributed by atoms with Gasteiger partial charge in [0.25, 0.3) is 0 Å². The minimum absolute atomic E-state index is 0.127. The van der Waals surface area contributed by atoms with Crippen molar-refractivity contribution in [3.8, 4) is 0 Å². The molecule has 3 atom stereocenters. The number of nitrogens with one attached hydrogen (secondary N) is 1. The quantitative estimate of drug-likeness (QED) is 0.547. The maximum absolute atomic E-state index is 13.4. The van der Waals surface area contributed by atoms with Crippen molar-refractivity contribution in [2.45, 2.75) is 25.1 Å². The number of benzene rings is 1. The number of likely N-dealkylation sites (tertiary alicyclic amines) is 1. The molecule has 1 aromatic carbocycles. The molecule has 0 spiro atoms. The van der Waals surface area contributed by atoms with E-state index >= 15 is 0 Å². The lowest BCUT2D eigenvalue weighted by Gasteiger charge is -2.35. The number of hydrogen-bond acceptors (Lipinski definition) is 5. The normalized spacial score (nSPS) is 22.0. The number of piperazine rings is 1. The van der Waals surface area contributed by atoms with Crippen LogP contribution in [0.1, 0.15) is 24.0 Å². The molecule has 0 saturated carbocycles. The summed E-state index contributed by atoms with van der Waals surface area (Å²) in [5, 5.41) is 3.98. The van der Waals surface area contributed by atoms with Gasteiger partial charge in [-0.2, -0.15) is 17.5 Å². The van der Waals surface area contributed by atoms with Crippen molar-refractivity contribution < 1.29 is 26.4 Å². The molecule has 2 fully saturated rings. The largest absolute Gasteiger partial charge is 0.417 e. The summed E-state index contributed by atoms with van der Waals surface area (Å²) in [7, 11) is -3.33. The van der Waals surface area contributed by atoms with Crippen molar-refractivity contribution in [1.29, 1.82) is 0 Å². The first-order valence-electron chi connectivity index (χ1n) is 12.0. The molecular formula is C24H28Cl2F3N5O3S. The maximum Gasteiger partial charge on any atom is 0.417 e. The molecular weight excluding hydrogens is 566 g/mol. The summed E-state index contributed by atoms with van der Waals surface area (Å²) in [4.78, 5) is 20.7. The molecule has 208 valence electrons. The Balaban J connectivity index is 1.52. The third-order valence-corrected chi connectivity index (χ3v) is 9.14. The second-order valence-electron chi connectivity index (χ2n) is 9.64. The van der Waals surface area contributed by atoms with E-state index in [2.05, 4.69) is 10.3 Å². The first kappa shape index (κ1) is 28.7. The number of aromatic nitrogens is 1. The summed E-state index contributed by atoms with van der Waals surface area (Å²) in [6, 6.07) is 7.12. The summed E-state index contributed by atoms with van der Waals surface area (Å²) in [6.07, 6.45) is -2.54. The summed E-state index contributed by atoms with van der Waals surface area (Å²) in [5.41, 5.74) is 0.0496. The van der Waals surface area contributed by atoms with Gasteiger partial charge in [-0.3, -0.25) is 0 Å². The summed E-state index contributed by atoms with van der Waals surface area (Å²) < 4.78 is 63.8. The van der Waals surface area contributed by atoms with E-state index in [0.29, 0.717) is 29.0 Å². The minimum atomic E-state index is -4.48. The highest BCUT2D eigenvalue weighted by molar-refractivity contribution is 7.88. The zero-order valence-electron chi connectivity index (χ0n) is 20.8. The van der Waals surface area contributed by atoms with E-state index in [1.54, 1.807) is 21.9 Å². The van der Waals surface area contributed by atoms with Crippen molar-refractivity contribution in [3.05, 3.63) is 57.7 Å². The highest BCUT2D eigenvalue weighted by Crippen LogP contribution is 2.38. The summed E-state index contributed by atoms with van der Waals surface area (Å²) >= 11 is 12.4. The van der Waals surface area contributed by atoms with Gasteiger partial charge >= 0.3 is 12.2 Å². The van der Waals surface area contributed by atoms with Crippen LogP contribution >= 0.6 is 23.2 Å². The number of halogens is 5. The van der Waals surface area contributed by atoms with Crippen molar-refractivity contribution in [2.24, 2.45) is 5.92 Å². The third-order valence-electron chi connectivity index (χ3n) is 7.09. The van der Waals surface area contributed by atoms with E-state index in [1.807, 2.05) is 13.0 Å². The van der Waals surface area contributed by atoms with Crippen LogP contribution in [0.2, 0.25) is 10.0 Å². The molecule has 3 unspecified atom stereocenters. The van der Waals surface area contributed by atoms with E-state index in [0.717, 1.165) is 24.1 Å². The van der Waals surface area contributed by atoms with Crippen LogP contribution in [-0.4, -0.2) is 85.1 Å². The number of sulfonamides is 1. The van der Waals surface area contributed by atoms with Crippen LogP contribution in [0.5, 0.6) is 0 Å². The topological polar surface area (TPSA) is 85.8 Å². The molecule has 14 heteroatoms. The van der Waals surface area contributed by atoms with Crippen LogP contribution in [0.15, 0.2) is 36.5 Å². The highest BCUT2D eigenvalue weighted by atomic mass is 35.5. The van der Waals surface area contributed by atoms with Gasteiger partial charge in [-0.05, 0) is 36.8 Å². The van der Waals surface area contributed by atoms with Crippen LogP contribution in [0.4, 0.5) is 23.8 Å². The lowest BCUT2D eigenvalue weighted by molar-refractivity contribution is -0.137. The first-order valence-corrected chi connectivity index (χ1v) is 14.6. The van der Waals surface area contributed by atoms with Gasteiger partial charge in [0, 0.05) is 63.3 Å². The number of hydrogen-bond donors (Lipinski definition) is 1. The molecule has 2 saturated heterocycles. The molecule has 2 aromatic rings. The Bertz CT molecular complexity index is 1270. The van der Waals surface area contributed by atoms with Crippen LogP contribution in [-0.2, 0) is 16.2 Å². The molecule has 2 aliphatic heterocycles. The number of rotatable bonds is 5. The molecule has 4 rings (SSSR count). The van der Waals surface area contributed by atoms with Gasteiger partial charge in [-0.1, -0.05) is 29.3 Å². The molecule has 0 radical (unpaired) electrons. The Morgan fingerprint density at radius 1 is 1.05 bits per heavy atom. The van der Waals surface area contributed by atoms with Crippen LogP contribution in [0.25, 0.3) is 0 Å². The number of amides is 2. The molecule has 2 amide bonds. The van der Waals surface area contributed by atoms with Crippen molar-refractivity contribution >= 4 is 45.1 Å². The average Bonchev–Trinajstić information content (AvgIpc) is 3.30. The van der Waals surface area contributed by atoms with Gasteiger partial charge in [-0.15, -0.1) is 0 Å². The van der Waals surface area contributed by atoms with Gasteiger partial charge in [-0.25, -0.2) is 18.2 Å². The second kappa shape index (κ2) is 11.1. The number of nitrogens with zero attached hydrogens (tertiary/aromatic N) is 4. The summed E-state index contributed by atoms with van der Waals surface area (Å²) in [5.74, 6) is 0.0284. The third kappa shape index (κ3) is 6.47. The predicted octanol–water partition coefficient (Wildman–Crippen LogP) is 4.62. The SMILES string of the molecule is CC(Nc1ccc(C(F)(F)F)cn1)C1CN(C(=O)N2CCN(S(C)(=O)=O)CC2)CC1c1ccc(Cl)c(Cl)c1. The van der Waals surface area contributed by atoms with E-state index in [9.17, 15) is 26.4 Å². The number of pyridine rings is 1. The number of alkyl halides is 3. The Morgan fingerprint density at radius 2 is 1.74 bits per heavy atom. The van der Waals surface area contributed by atoms with Gasteiger partial charge in [0.05, 0.1) is 21.9 Å². The van der Waals surface area contributed by atoms with Crippen LogP contribution < -0.4 is 5.32 Å². The molecule has 38 heavy (non-hydrogen) atoms.